The van der Waals surface area contributed by atoms with Crippen LogP contribution in [0.25, 0.3) is 0 Å². The lowest BCUT2D eigenvalue weighted by atomic mass is 10.2. The topological polar surface area (TPSA) is 77.9 Å². The molecule has 1 N–H and O–H groups in total. The van der Waals surface area contributed by atoms with Crippen molar-refractivity contribution in [3.63, 3.8) is 0 Å². The second-order valence-corrected chi connectivity index (χ2v) is 7.00. The maximum atomic E-state index is 12.1. The van der Waals surface area contributed by atoms with Crippen LogP contribution in [0.3, 0.4) is 0 Å². The lowest BCUT2D eigenvalue weighted by Crippen LogP contribution is -2.51. The Morgan fingerprint density at radius 2 is 1.70 bits per heavy atom. The van der Waals surface area contributed by atoms with E-state index < -0.39 is 21.2 Å². The van der Waals surface area contributed by atoms with E-state index >= 15 is 0 Å². The molecule has 1 aromatic carbocycles. The van der Waals surface area contributed by atoms with Gasteiger partial charge in [0.15, 0.2) is 5.25 Å². The molecule has 110 valence electrons. The molecule has 1 atom stereocenters. The van der Waals surface area contributed by atoms with E-state index in [1.54, 1.807) is 0 Å². The lowest BCUT2D eigenvalue weighted by Gasteiger charge is -2.36. The van der Waals surface area contributed by atoms with Crippen LogP contribution >= 0.6 is 0 Å². The molecule has 6 nitrogen and oxygen atoms in total. The summed E-state index contributed by atoms with van der Waals surface area (Å²) in [6.07, 6.45) is 0. The van der Waals surface area contributed by atoms with Gasteiger partial charge < -0.3 is 10.0 Å². The molecular formula is C13H18N2O4S. The van der Waals surface area contributed by atoms with Crippen LogP contribution in [0.4, 0.5) is 5.69 Å². The molecule has 1 aliphatic rings. The number of benzene rings is 1. The van der Waals surface area contributed by atoms with Gasteiger partial charge in [0.25, 0.3) is 0 Å². The summed E-state index contributed by atoms with van der Waals surface area (Å²) in [5.41, 5.74) is 1.05. The van der Waals surface area contributed by atoms with Crippen LogP contribution in [0.1, 0.15) is 6.92 Å². The molecule has 0 aliphatic carbocycles. The highest BCUT2D eigenvalue weighted by Gasteiger charge is 2.35. The summed E-state index contributed by atoms with van der Waals surface area (Å²) in [5, 5.41) is 7.46. The van der Waals surface area contributed by atoms with Crippen molar-refractivity contribution in [2.45, 2.75) is 12.2 Å². The second kappa shape index (κ2) is 5.80. The molecule has 20 heavy (non-hydrogen) atoms. The predicted octanol–water partition coefficient (Wildman–Crippen LogP) is 0.612. The Morgan fingerprint density at radius 3 is 2.20 bits per heavy atom. The molecule has 0 bridgehead atoms. The van der Waals surface area contributed by atoms with E-state index in [9.17, 15) is 13.2 Å². The first-order chi connectivity index (χ1) is 9.43. The van der Waals surface area contributed by atoms with E-state index in [1.807, 2.05) is 30.3 Å². The Hall–Kier alpha value is -1.60. The Kier molecular flexibility index (Phi) is 4.29. The number of sulfonamides is 1. The van der Waals surface area contributed by atoms with Crippen molar-refractivity contribution in [3.05, 3.63) is 30.3 Å². The number of aliphatic carboxylic acids is 1. The summed E-state index contributed by atoms with van der Waals surface area (Å²) in [7, 11) is -3.76. The summed E-state index contributed by atoms with van der Waals surface area (Å²) < 4.78 is 25.5. The third kappa shape index (κ3) is 2.94. The minimum absolute atomic E-state index is 0.314. The van der Waals surface area contributed by atoms with Crippen LogP contribution in [0.15, 0.2) is 30.3 Å². The standard InChI is InChI=1S/C13H18N2O4S/c1-11(13(16)17)20(18,19)15-9-7-14(8-10-15)12-5-3-2-4-6-12/h2-6,11H,7-10H2,1H3,(H,16,17). The fourth-order valence-electron chi connectivity index (χ4n) is 2.19. The maximum Gasteiger partial charge on any atom is 0.323 e. The molecule has 1 aromatic rings. The van der Waals surface area contributed by atoms with Crippen molar-refractivity contribution in [1.29, 1.82) is 0 Å². The summed E-state index contributed by atoms with van der Waals surface area (Å²) in [5.74, 6) is -1.31. The van der Waals surface area contributed by atoms with E-state index in [1.165, 1.54) is 11.2 Å². The quantitative estimate of drug-likeness (QED) is 0.881. The van der Waals surface area contributed by atoms with Gasteiger partial charge in [0, 0.05) is 31.9 Å². The zero-order chi connectivity index (χ0) is 14.8. The summed E-state index contributed by atoms with van der Waals surface area (Å²) >= 11 is 0. The van der Waals surface area contributed by atoms with E-state index in [0.29, 0.717) is 26.2 Å². The first-order valence-electron chi connectivity index (χ1n) is 6.44. The average molecular weight is 298 g/mol. The first-order valence-corrected chi connectivity index (χ1v) is 7.95. The molecular weight excluding hydrogens is 280 g/mol. The highest BCUT2D eigenvalue weighted by atomic mass is 32.2. The van der Waals surface area contributed by atoms with Gasteiger partial charge in [0.1, 0.15) is 0 Å². The smallest absolute Gasteiger partial charge is 0.323 e. The van der Waals surface area contributed by atoms with Crippen LogP contribution in [-0.2, 0) is 14.8 Å². The molecule has 1 heterocycles. The Morgan fingerprint density at radius 1 is 1.15 bits per heavy atom. The highest BCUT2D eigenvalue weighted by Crippen LogP contribution is 2.18. The molecule has 7 heteroatoms. The van der Waals surface area contributed by atoms with Crippen LogP contribution in [-0.4, -0.2) is 55.2 Å². The van der Waals surface area contributed by atoms with Gasteiger partial charge >= 0.3 is 5.97 Å². The molecule has 0 aromatic heterocycles. The van der Waals surface area contributed by atoms with Crippen LogP contribution in [0, 0.1) is 0 Å². The van der Waals surface area contributed by atoms with Crippen molar-refractivity contribution >= 4 is 21.7 Å². The van der Waals surface area contributed by atoms with Crippen molar-refractivity contribution in [2.75, 3.05) is 31.1 Å². The number of nitrogens with zero attached hydrogens (tertiary/aromatic N) is 2. The number of carboxylic acid groups (broad SMARTS) is 1. The number of para-hydroxylation sites is 1. The Balaban J connectivity index is 2.03. The predicted molar refractivity (Wildman–Crippen MR) is 76.2 cm³/mol. The van der Waals surface area contributed by atoms with Gasteiger partial charge in [-0.3, -0.25) is 4.79 Å². The zero-order valence-corrected chi connectivity index (χ0v) is 12.1. The Labute approximate surface area is 118 Å². The largest absolute Gasteiger partial charge is 0.480 e. The molecule has 0 spiro atoms. The third-order valence-corrected chi connectivity index (χ3v) is 5.69. The van der Waals surface area contributed by atoms with Crippen LogP contribution in [0.2, 0.25) is 0 Å². The summed E-state index contributed by atoms with van der Waals surface area (Å²) in [6, 6.07) is 9.75. The van der Waals surface area contributed by atoms with E-state index in [2.05, 4.69) is 4.90 Å². The number of anilines is 1. The fourth-order valence-corrected chi connectivity index (χ4v) is 3.56. The molecule has 0 saturated carbocycles. The summed E-state index contributed by atoms with van der Waals surface area (Å²) in [4.78, 5) is 13.0. The molecule has 2 rings (SSSR count). The van der Waals surface area contributed by atoms with Crippen molar-refractivity contribution in [2.24, 2.45) is 0 Å². The third-order valence-electron chi connectivity index (χ3n) is 3.51. The monoisotopic (exact) mass is 298 g/mol. The SMILES string of the molecule is CC(C(=O)O)S(=O)(=O)N1CCN(c2ccccc2)CC1. The van der Waals surface area contributed by atoms with Crippen LogP contribution < -0.4 is 4.90 Å². The van der Waals surface area contributed by atoms with E-state index in [0.717, 1.165) is 5.69 Å². The van der Waals surface area contributed by atoms with Gasteiger partial charge in [-0.25, -0.2) is 8.42 Å². The van der Waals surface area contributed by atoms with Gasteiger partial charge in [-0.15, -0.1) is 0 Å². The number of carboxylic acids is 1. The Bertz CT molecular complexity index is 565. The summed E-state index contributed by atoms with van der Waals surface area (Å²) in [6.45, 7) is 2.97. The molecule has 1 unspecified atom stereocenters. The van der Waals surface area contributed by atoms with E-state index in [-0.39, 0.29) is 0 Å². The average Bonchev–Trinajstić information content (AvgIpc) is 2.47. The normalized spacial score (nSPS) is 18.8. The molecule has 1 fully saturated rings. The molecule has 1 aliphatic heterocycles. The van der Waals surface area contributed by atoms with Crippen molar-refractivity contribution < 1.29 is 18.3 Å². The van der Waals surface area contributed by atoms with Gasteiger partial charge in [0.2, 0.25) is 10.0 Å². The zero-order valence-electron chi connectivity index (χ0n) is 11.3. The van der Waals surface area contributed by atoms with Gasteiger partial charge in [-0.1, -0.05) is 18.2 Å². The minimum Gasteiger partial charge on any atom is -0.480 e. The number of piperazine rings is 1. The van der Waals surface area contributed by atoms with Gasteiger partial charge in [-0.2, -0.15) is 4.31 Å². The van der Waals surface area contributed by atoms with Crippen molar-refractivity contribution in [3.8, 4) is 0 Å². The number of hydrogen-bond acceptors (Lipinski definition) is 4. The van der Waals surface area contributed by atoms with E-state index in [4.69, 9.17) is 5.11 Å². The highest BCUT2D eigenvalue weighted by molar-refractivity contribution is 7.90. The van der Waals surface area contributed by atoms with Crippen molar-refractivity contribution in [1.82, 2.24) is 4.31 Å². The molecule has 0 radical (unpaired) electrons. The first kappa shape index (κ1) is 14.8. The lowest BCUT2D eigenvalue weighted by molar-refractivity contribution is -0.136. The molecule has 1 saturated heterocycles. The minimum atomic E-state index is -3.76. The fraction of sp³-hybridized carbons (Fsp3) is 0.462. The number of hydrogen-bond donors (Lipinski definition) is 1. The number of rotatable bonds is 4. The van der Waals surface area contributed by atoms with Crippen LogP contribution in [0.5, 0.6) is 0 Å². The maximum absolute atomic E-state index is 12.1. The number of carbonyl (C=O) groups is 1. The van der Waals surface area contributed by atoms with Gasteiger partial charge in [-0.05, 0) is 19.1 Å². The molecule has 0 amide bonds. The van der Waals surface area contributed by atoms with Gasteiger partial charge in [0.05, 0.1) is 0 Å². The second-order valence-electron chi connectivity index (χ2n) is 4.75.